The van der Waals surface area contributed by atoms with Crippen LogP contribution in [0.1, 0.15) is 18.5 Å². The molecule has 1 saturated heterocycles. The summed E-state index contributed by atoms with van der Waals surface area (Å²) in [7, 11) is -3.62. The fourth-order valence-electron chi connectivity index (χ4n) is 2.01. The Bertz CT molecular complexity index is 640. The van der Waals surface area contributed by atoms with Gasteiger partial charge in [0.1, 0.15) is 16.7 Å². The highest BCUT2D eigenvalue weighted by molar-refractivity contribution is 7.89. The van der Waals surface area contributed by atoms with Crippen LogP contribution < -0.4 is 0 Å². The largest absolute Gasteiger partial charge is 0.244 e. The van der Waals surface area contributed by atoms with E-state index in [1.165, 1.54) is 22.6 Å². The van der Waals surface area contributed by atoms with Crippen LogP contribution in [0.5, 0.6) is 0 Å². The lowest BCUT2D eigenvalue weighted by Gasteiger charge is -2.28. The van der Waals surface area contributed by atoms with Gasteiger partial charge < -0.3 is 0 Å². The molecule has 0 saturated carbocycles. The second kappa shape index (κ2) is 5.35. The van der Waals surface area contributed by atoms with Gasteiger partial charge in [0.2, 0.25) is 10.0 Å². The van der Waals surface area contributed by atoms with E-state index in [9.17, 15) is 8.42 Å². The summed E-state index contributed by atoms with van der Waals surface area (Å²) in [5.41, 5.74) is 0.174. The van der Waals surface area contributed by atoms with E-state index in [4.69, 9.17) is 10.5 Å². The molecule has 98 valence electrons. The van der Waals surface area contributed by atoms with Crippen molar-refractivity contribution in [3.63, 3.8) is 0 Å². The average Bonchev–Trinajstić information content (AvgIpc) is 2.47. The molecule has 1 atom stereocenters. The molecule has 0 spiro atoms. The number of rotatable bonds is 2. The zero-order valence-electron chi connectivity index (χ0n) is 10.2. The Morgan fingerprint density at radius 1 is 1.37 bits per heavy atom. The molecule has 7 heteroatoms. The summed E-state index contributed by atoms with van der Waals surface area (Å²) in [5, 5.41) is 17.5. The maximum absolute atomic E-state index is 12.3. The SMILES string of the molecule is N#Cc1ccc(S(=O)(=O)N2CCCC(C#N)C2)cn1. The van der Waals surface area contributed by atoms with E-state index in [0.717, 1.165) is 6.42 Å². The van der Waals surface area contributed by atoms with Gasteiger partial charge in [-0.05, 0) is 25.0 Å². The van der Waals surface area contributed by atoms with E-state index < -0.39 is 10.0 Å². The molecule has 1 aromatic heterocycles. The summed E-state index contributed by atoms with van der Waals surface area (Å²) in [6.07, 6.45) is 2.60. The van der Waals surface area contributed by atoms with Gasteiger partial charge in [-0.25, -0.2) is 13.4 Å². The predicted octanol–water partition coefficient (Wildman–Crippen LogP) is 0.878. The van der Waals surface area contributed by atoms with Crippen molar-refractivity contribution in [1.29, 1.82) is 10.5 Å². The molecule has 0 bridgehead atoms. The highest BCUT2D eigenvalue weighted by atomic mass is 32.2. The van der Waals surface area contributed by atoms with Crippen LogP contribution in [0.15, 0.2) is 23.2 Å². The van der Waals surface area contributed by atoms with Crippen molar-refractivity contribution >= 4 is 10.0 Å². The van der Waals surface area contributed by atoms with Gasteiger partial charge in [0, 0.05) is 19.3 Å². The smallest absolute Gasteiger partial charge is 0.244 e. The van der Waals surface area contributed by atoms with Crippen molar-refractivity contribution in [2.45, 2.75) is 17.7 Å². The molecule has 2 rings (SSSR count). The highest BCUT2D eigenvalue weighted by Gasteiger charge is 2.30. The number of sulfonamides is 1. The number of pyridine rings is 1. The third kappa shape index (κ3) is 2.73. The summed E-state index contributed by atoms with van der Waals surface area (Å²) in [5.74, 6) is -0.255. The molecule has 1 fully saturated rings. The number of aromatic nitrogens is 1. The zero-order chi connectivity index (χ0) is 13.9. The van der Waals surface area contributed by atoms with Gasteiger partial charge in [-0.2, -0.15) is 14.8 Å². The summed E-state index contributed by atoms with van der Waals surface area (Å²) < 4.78 is 26.0. The Hall–Kier alpha value is -1.96. The third-order valence-electron chi connectivity index (χ3n) is 3.06. The average molecular weight is 276 g/mol. The molecular formula is C12H12N4O2S. The minimum Gasteiger partial charge on any atom is -0.244 e. The van der Waals surface area contributed by atoms with Gasteiger partial charge in [-0.1, -0.05) is 0 Å². The van der Waals surface area contributed by atoms with Gasteiger partial charge in [0.15, 0.2) is 0 Å². The summed E-state index contributed by atoms with van der Waals surface area (Å²) in [6, 6.07) is 6.70. The van der Waals surface area contributed by atoms with E-state index in [0.29, 0.717) is 13.0 Å². The molecule has 0 aromatic carbocycles. The maximum atomic E-state index is 12.3. The molecule has 19 heavy (non-hydrogen) atoms. The maximum Gasteiger partial charge on any atom is 0.244 e. The van der Waals surface area contributed by atoms with Gasteiger partial charge in [0.25, 0.3) is 0 Å². The second-order valence-electron chi connectivity index (χ2n) is 4.32. The number of hydrogen-bond donors (Lipinski definition) is 0. The Balaban J connectivity index is 2.26. The predicted molar refractivity (Wildman–Crippen MR) is 66.0 cm³/mol. The monoisotopic (exact) mass is 276 g/mol. The summed E-state index contributed by atoms with van der Waals surface area (Å²) in [6.45, 7) is 0.638. The van der Waals surface area contributed by atoms with E-state index in [1.807, 2.05) is 6.07 Å². The van der Waals surface area contributed by atoms with Crippen molar-refractivity contribution in [2.24, 2.45) is 5.92 Å². The van der Waals surface area contributed by atoms with Crippen LogP contribution in [0.25, 0.3) is 0 Å². The number of nitriles is 2. The van der Waals surface area contributed by atoms with E-state index in [2.05, 4.69) is 11.1 Å². The van der Waals surface area contributed by atoms with Crippen molar-refractivity contribution in [3.8, 4) is 12.1 Å². The highest BCUT2D eigenvalue weighted by Crippen LogP contribution is 2.22. The van der Waals surface area contributed by atoms with Crippen LogP contribution in [-0.2, 0) is 10.0 Å². The minimum absolute atomic E-state index is 0.0603. The molecule has 1 aromatic rings. The first-order valence-corrected chi connectivity index (χ1v) is 7.28. The molecule has 0 N–H and O–H groups in total. The number of hydrogen-bond acceptors (Lipinski definition) is 5. The number of nitrogens with zero attached hydrogens (tertiary/aromatic N) is 4. The molecule has 1 aliphatic rings. The standard InChI is InChI=1S/C12H12N4O2S/c13-6-10-2-1-5-16(9-10)19(17,18)12-4-3-11(7-14)15-8-12/h3-4,8,10H,1-2,5,9H2. The van der Waals surface area contributed by atoms with Crippen molar-refractivity contribution in [1.82, 2.24) is 9.29 Å². The van der Waals surface area contributed by atoms with E-state index >= 15 is 0 Å². The first kappa shape index (κ1) is 13.5. The molecule has 1 unspecified atom stereocenters. The summed E-state index contributed by atoms with van der Waals surface area (Å²) in [4.78, 5) is 3.83. The van der Waals surface area contributed by atoms with Crippen LogP contribution >= 0.6 is 0 Å². The fourth-order valence-corrected chi connectivity index (χ4v) is 3.48. The second-order valence-corrected chi connectivity index (χ2v) is 6.26. The number of piperidine rings is 1. The Kier molecular flexibility index (Phi) is 3.79. The van der Waals surface area contributed by atoms with Crippen LogP contribution in [0.2, 0.25) is 0 Å². The zero-order valence-corrected chi connectivity index (χ0v) is 11.0. The van der Waals surface area contributed by atoms with Crippen LogP contribution in [0.3, 0.4) is 0 Å². The topological polar surface area (TPSA) is 97.9 Å². The normalized spacial score (nSPS) is 20.4. The summed E-state index contributed by atoms with van der Waals surface area (Å²) >= 11 is 0. The molecule has 0 aliphatic carbocycles. The quantitative estimate of drug-likeness (QED) is 0.798. The van der Waals surface area contributed by atoms with Crippen LogP contribution in [0.4, 0.5) is 0 Å². The van der Waals surface area contributed by atoms with Crippen LogP contribution in [-0.4, -0.2) is 30.8 Å². The molecule has 1 aliphatic heterocycles. The van der Waals surface area contributed by atoms with E-state index in [-0.39, 0.29) is 23.1 Å². The molecule has 0 radical (unpaired) electrons. The van der Waals surface area contributed by atoms with Crippen molar-refractivity contribution in [3.05, 3.63) is 24.0 Å². The lowest BCUT2D eigenvalue weighted by molar-refractivity contribution is 0.305. The van der Waals surface area contributed by atoms with Gasteiger partial charge >= 0.3 is 0 Å². The Morgan fingerprint density at radius 2 is 2.16 bits per heavy atom. The van der Waals surface area contributed by atoms with Crippen molar-refractivity contribution in [2.75, 3.05) is 13.1 Å². The van der Waals surface area contributed by atoms with Gasteiger partial charge in [-0.3, -0.25) is 0 Å². The first-order chi connectivity index (χ1) is 9.07. The first-order valence-electron chi connectivity index (χ1n) is 5.84. The minimum atomic E-state index is -3.62. The molecular weight excluding hydrogens is 264 g/mol. The van der Waals surface area contributed by atoms with Gasteiger partial charge in [-0.15, -0.1) is 0 Å². The van der Waals surface area contributed by atoms with Crippen LogP contribution in [0, 0.1) is 28.6 Å². The van der Waals surface area contributed by atoms with Gasteiger partial charge in [0.05, 0.1) is 12.0 Å². The Labute approximate surface area is 112 Å². The molecule has 2 heterocycles. The van der Waals surface area contributed by atoms with Crippen molar-refractivity contribution < 1.29 is 8.42 Å². The third-order valence-corrected chi connectivity index (χ3v) is 4.90. The molecule has 6 nitrogen and oxygen atoms in total. The Morgan fingerprint density at radius 3 is 2.74 bits per heavy atom. The lowest BCUT2D eigenvalue weighted by atomic mass is 10.0. The van der Waals surface area contributed by atoms with E-state index in [1.54, 1.807) is 0 Å². The lowest BCUT2D eigenvalue weighted by Crippen LogP contribution is -2.39. The fraction of sp³-hybridized carbons (Fsp3) is 0.417. The molecule has 0 amide bonds.